The molecule has 118 valence electrons. The van der Waals surface area contributed by atoms with E-state index in [-0.39, 0.29) is 0 Å². The van der Waals surface area contributed by atoms with Gasteiger partial charge in [0.15, 0.2) is 11.5 Å². The highest BCUT2D eigenvalue weighted by molar-refractivity contribution is 5.94. The van der Waals surface area contributed by atoms with E-state index in [0.29, 0.717) is 49.2 Å². The summed E-state index contributed by atoms with van der Waals surface area (Å²) < 4.78 is 21.9. The van der Waals surface area contributed by atoms with Crippen molar-refractivity contribution in [1.29, 1.82) is 0 Å². The number of hydrogen-bond acceptors (Lipinski definition) is 5. The molecule has 1 aromatic carbocycles. The van der Waals surface area contributed by atoms with Gasteiger partial charge in [0.25, 0.3) is 0 Å². The number of benzene rings is 1. The summed E-state index contributed by atoms with van der Waals surface area (Å²) in [5, 5.41) is 0. The summed E-state index contributed by atoms with van der Waals surface area (Å²) in [5.41, 5.74) is 0.359. The Bertz CT molecular complexity index is 456. The molecule has 0 saturated carbocycles. The van der Waals surface area contributed by atoms with E-state index in [1.54, 1.807) is 12.1 Å². The predicted octanol–water partition coefficient (Wildman–Crippen LogP) is 3.45. The Morgan fingerprint density at radius 3 is 2.10 bits per heavy atom. The monoisotopic (exact) mass is 296 g/mol. The maximum Gasteiger partial charge on any atom is 0.342 e. The fraction of sp³-hybridized carbons (Fsp3) is 0.562. The minimum atomic E-state index is -0.413. The van der Waals surface area contributed by atoms with Crippen molar-refractivity contribution in [2.24, 2.45) is 0 Å². The van der Waals surface area contributed by atoms with Crippen molar-refractivity contribution in [3.63, 3.8) is 0 Å². The molecule has 0 aromatic heterocycles. The minimum Gasteiger partial charge on any atom is -0.490 e. The summed E-state index contributed by atoms with van der Waals surface area (Å²) >= 11 is 0. The quantitative estimate of drug-likeness (QED) is 0.653. The van der Waals surface area contributed by atoms with Crippen LogP contribution in [0.4, 0.5) is 0 Å². The SMILES string of the molecule is CCCOC(=O)c1ccc(OCC)c(OCC)c1OCC. The van der Waals surface area contributed by atoms with E-state index >= 15 is 0 Å². The van der Waals surface area contributed by atoms with Gasteiger partial charge in [-0.3, -0.25) is 0 Å². The van der Waals surface area contributed by atoms with Gasteiger partial charge in [0.1, 0.15) is 5.56 Å². The van der Waals surface area contributed by atoms with Crippen LogP contribution in [0.1, 0.15) is 44.5 Å². The lowest BCUT2D eigenvalue weighted by atomic mass is 10.1. The van der Waals surface area contributed by atoms with Gasteiger partial charge in [-0.1, -0.05) is 6.92 Å². The van der Waals surface area contributed by atoms with Crippen molar-refractivity contribution in [2.45, 2.75) is 34.1 Å². The van der Waals surface area contributed by atoms with Crippen LogP contribution in [-0.2, 0) is 4.74 Å². The molecule has 0 fully saturated rings. The third-order valence-corrected chi connectivity index (χ3v) is 2.61. The molecule has 0 bridgehead atoms. The lowest BCUT2D eigenvalue weighted by Crippen LogP contribution is -2.11. The van der Waals surface area contributed by atoms with Crippen LogP contribution in [0.15, 0.2) is 12.1 Å². The maximum absolute atomic E-state index is 12.1. The molecule has 0 spiro atoms. The van der Waals surface area contributed by atoms with E-state index in [1.807, 2.05) is 27.7 Å². The van der Waals surface area contributed by atoms with Gasteiger partial charge < -0.3 is 18.9 Å². The molecule has 21 heavy (non-hydrogen) atoms. The average Bonchev–Trinajstić information content (AvgIpc) is 2.48. The number of carbonyl (C=O) groups excluding carboxylic acids is 1. The maximum atomic E-state index is 12.1. The molecule has 5 heteroatoms. The number of ether oxygens (including phenoxy) is 4. The normalized spacial score (nSPS) is 10.1. The van der Waals surface area contributed by atoms with Crippen LogP contribution in [-0.4, -0.2) is 32.4 Å². The molecule has 0 aliphatic rings. The van der Waals surface area contributed by atoms with E-state index in [2.05, 4.69) is 0 Å². The van der Waals surface area contributed by atoms with Gasteiger partial charge in [-0.25, -0.2) is 4.79 Å². The largest absolute Gasteiger partial charge is 0.490 e. The van der Waals surface area contributed by atoms with Crippen molar-refractivity contribution in [2.75, 3.05) is 26.4 Å². The predicted molar refractivity (Wildman–Crippen MR) is 80.5 cm³/mol. The summed E-state index contributed by atoms with van der Waals surface area (Å²) in [5.74, 6) is 0.984. The van der Waals surface area contributed by atoms with Crippen molar-refractivity contribution in [3.8, 4) is 17.2 Å². The molecule has 0 N–H and O–H groups in total. The summed E-state index contributed by atoms with van der Waals surface area (Å²) in [6.07, 6.45) is 0.769. The molecule has 5 nitrogen and oxygen atoms in total. The zero-order chi connectivity index (χ0) is 15.7. The highest BCUT2D eigenvalue weighted by Gasteiger charge is 2.22. The molecule has 0 heterocycles. The van der Waals surface area contributed by atoms with Gasteiger partial charge in [0.05, 0.1) is 26.4 Å². The minimum absolute atomic E-state index is 0.359. The van der Waals surface area contributed by atoms with Crippen LogP contribution in [0, 0.1) is 0 Å². The van der Waals surface area contributed by atoms with E-state index in [0.717, 1.165) is 6.42 Å². The van der Waals surface area contributed by atoms with Crippen LogP contribution in [0.2, 0.25) is 0 Å². The molecule has 0 atom stereocenters. The van der Waals surface area contributed by atoms with E-state index in [1.165, 1.54) is 0 Å². The Hall–Kier alpha value is -1.91. The Kier molecular flexibility index (Phi) is 7.43. The van der Waals surface area contributed by atoms with Crippen molar-refractivity contribution in [1.82, 2.24) is 0 Å². The summed E-state index contributed by atoms with van der Waals surface area (Å²) in [6, 6.07) is 3.36. The van der Waals surface area contributed by atoms with Gasteiger partial charge in [0, 0.05) is 0 Å². The molecule has 0 aliphatic heterocycles. The Morgan fingerprint density at radius 1 is 0.905 bits per heavy atom. The lowest BCUT2D eigenvalue weighted by molar-refractivity contribution is 0.0499. The van der Waals surface area contributed by atoms with Crippen LogP contribution >= 0.6 is 0 Å². The highest BCUT2D eigenvalue weighted by atomic mass is 16.5. The summed E-state index contributed by atoms with van der Waals surface area (Å²) in [7, 11) is 0. The van der Waals surface area contributed by atoms with Gasteiger partial charge in [-0.05, 0) is 39.3 Å². The standard InChI is InChI=1S/C16H24O5/c1-5-11-21-16(17)12-9-10-13(18-6-2)15(20-8-4)14(12)19-7-3/h9-10H,5-8,11H2,1-4H3. The number of esters is 1. The molecule has 0 unspecified atom stereocenters. The van der Waals surface area contributed by atoms with Crippen molar-refractivity contribution in [3.05, 3.63) is 17.7 Å². The van der Waals surface area contributed by atoms with Crippen molar-refractivity contribution >= 4 is 5.97 Å². The first kappa shape index (κ1) is 17.1. The first-order valence-electron chi connectivity index (χ1n) is 7.41. The van der Waals surface area contributed by atoms with Crippen molar-refractivity contribution < 1.29 is 23.7 Å². The van der Waals surface area contributed by atoms with Gasteiger partial charge in [0.2, 0.25) is 5.75 Å². The Balaban J connectivity index is 3.23. The third kappa shape index (κ3) is 4.55. The molecular weight excluding hydrogens is 272 g/mol. The topological polar surface area (TPSA) is 54.0 Å². The number of rotatable bonds is 9. The molecule has 0 saturated heterocycles. The average molecular weight is 296 g/mol. The molecular formula is C16H24O5. The van der Waals surface area contributed by atoms with Gasteiger partial charge >= 0.3 is 5.97 Å². The third-order valence-electron chi connectivity index (χ3n) is 2.61. The number of hydrogen-bond donors (Lipinski definition) is 0. The second-order valence-corrected chi connectivity index (χ2v) is 4.20. The van der Waals surface area contributed by atoms with Crippen LogP contribution in [0.5, 0.6) is 17.2 Å². The fourth-order valence-corrected chi connectivity index (χ4v) is 1.82. The fourth-order valence-electron chi connectivity index (χ4n) is 1.82. The zero-order valence-corrected chi connectivity index (χ0v) is 13.2. The van der Waals surface area contributed by atoms with E-state index in [9.17, 15) is 4.79 Å². The lowest BCUT2D eigenvalue weighted by Gasteiger charge is -2.17. The smallest absolute Gasteiger partial charge is 0.342 e. The number of carbonyl (C=O) groups is 1. The van der Waals surface area contributed by atoms with Crippen LogP contribution in [0.3, 0.4) is 0 Å². The molecule has 0 aliphatic carbocycles. The zero-order valence-electron chi connectivity index (χ0n) is 13.2. The molecule has 1 rings (SSSR count). The molecule has 0 radical (unpaired) electrons. The van der Waals surface area contributed by atoms with Crippen LogP contribution in [0.25, 0.3) is 0 Å². The second-order valence-electron chi connectivity index (χ2n) is 4.20. The Labute approximate surface area is 126 Å². The van der Waals surface area contributed by atoms with E-state index in [4.69, 9.17) is 18.9 Å². The highest BCUT2D eigenvalue weighted by Crippen LogP contribution is 2.40. The second kappa shape index (κ2) is 9.10. The Morgan fingerprint density at radius 2 is 1.52 bits per heavy atom. The first-order valence-corrected chi connectivity index (χ1v) is 7.41. The van der Waals surface area contributed by atoms with E-state index < -0.39 is 5.97 Å². The van der Waals surface area contributed by atoms with Crippen LogP contribution < -0.4 is 14.2 Å². The molecule has 1 aromatic rings. The molecule has 0 amide bonds. The van der Waals surface area contributed by atoms with Gasteiger partial charge in [-0.15, -0.1) is 0 Å². The van der Waals surface area contributed by atoms with Gasteiger partial charge in [-0.2, -0.15) is 0 Å². The first-order chi connectivity index (χ1) is 10.2. The summed E-state index contributed by atoms with van der Waals surface area (Å²) in [4.78, 5) is 12.1. The summed E-state index contributed by atoms with van der Waals surface area (Å²) in [6.45, 7) is 9.31.